The number of carbonyl (C=O) groups excluding carboxylic acids is 1. The fraction of sp³-hybridized carbons (Fsp3) is 0.240. The normalized spacial score (nSPS) is 10.9. The van der Waals surface area contributed by atoms with Crippen LogP contribution in [0.15, 0.2) is 68.8 Å². The molecule has 4 aromatic rings. The first-order valence-electron chi connectivity index (χ1n) is 10.8. The van der Waals surface area contributed by atoms with Crippen molar-refractivity contribution in [2.24, 2.45) is 0 Å². The minimum absolute atomic E-state index is 0.0615. The summed E-state index contributed by atoms with van der Waals surface area (Å²) in [4.78, 5) is 39.0. The lowest BCUT2D eigenvalue weighted by atomic mass is 10.1. The number of benzene rings is 2. The van der Waals surface area contributed by atoms with E-state index in [1.54, 1.807) is 44.6 Å². The molecule has 0 aliphatic carbocycles. The van der Waals surface area contributed by atoms with E-state index in [0.717, 1.165) is 10.1 Å². The van der Waals surface area contributed by atoms with Gasteiger partial charge in [-0.15, -0.1) is 0 Å². The smallest absolute Gasteiger partial charge is 0.332 e. The van der Waals surface area contributed by atoms with Gasteiger partial charge in [0.05, 0.1) is 37.9 Å². The fourth-order valence-electron chi connectivity index (χ4n) is 3.83. The first-order valence-corrected chi connectivity index (χ1v) is 11.2. The van der Waals surface area contributed by atoms with Crippen molar-refractivity contribution < 1.29 is 18.7 Å². The van der Waals surface area contributed by atoms with Gasteiger partial charge in [0.1, 0.15) is 12.3 Å². The maximum Gasteiger partial charge on any atom is 0.332 e. The molecule has 1 N–H and O–H groups in total. The van der Waals surface area contributed by atoms with Crippen molar-refractivity contribution in [2.45, 2.75) is 19.5 Å². The second-order valence-corrected chi connectivity index (χ2v) is 8.23. The van der Waals surface area contributed by atoms with E-state index >= 15 is 0 Å². The van der Waals surface area contributed by atoms with E-state index in [-0.39, 0.29) is 24.4 Å². The van der Waals surface area contributed by atoms with Gasteiger partial charge in [-0.2, -0.15) is 0 Å². The summed E-state index contributed by atoms with van der Waals surface area (Å²) in [7, 11) is 3.12. The highest BCUT2D eigenvalue weighted by molar-refractivity contribution is 6.31. The van der Waals surface area contributed by atoms with Crippen molar-refractivity contribution >= 4 is 28.4 Å². The molecule has 0 atom stereocenters. The minimum Gasteiger partial charge on any atom is -0.493 e. The predicted molar refractivity (Wildman–Crippen MR) is 132 cm³/mol. The number of nitrogens with zero attached hydrogens (tertiary/aromatic N) is 2. The zero-order valence-corrected chi connectivity index (χ0v) is 20.0. The lowest BCUT2D eigenvalue weighted by molar-refractivity contribution is -0.121. The first kappa shape index (κ1) is 24.2. The molecule has 2 aromatic heterocycles. The van der Waals surface area contributed by atoms with Crippen molar-refractivity contribution in [1.29, 1.82) is 0 Å². The van der Waals surface area contributed by atoms with E-state index in [1.807, 2.05) is 12.1 Å². The number of aromatic nitrogens is 2. The van der Waals surface area contributed by atoms with E-state index in [1.165, 1.54) is 16.9 Å². The number of nitrogens with one attached hydrogen (secondary N) is 1. The third-order valence-corrected chi connectivity index (χ3v) is 5.80. The van der Waals surface area contributed by atoms with Crippen molar-refractivity contribution in [3.8, 4) is 11.5 Å². The van der Waals surface area contributed by atoms with Crippen LogP contribution in [-0.2, 0) is 24.3 Å². The summed E-state index contributed by atoms with van der Waals surface area (Å²) in [6, 6.07) is 13.5. The molecule has 9 nitrogen and oxygen atoms in total. The van der Waals surface area contributed by atoms with Crippen LogP contribution in [0.5, 0.6) is 11.5 Å². The molecule has 1 amide bonds. The number of methoxy groups -OCH3 is 2. The molecule has 10 heteroatoms. The molecular formula is C25H24ClN3O6. The molecule has 0 unspecified atom stereocenters. The standard InChI is InChI=1S/C25H24ClN3O6/c1-33-21-8-5-16(12-22(21)34-2)9-10-27-23(30)15-28-20-7-6-17(26)13-19(20)24(31)29(25(28)32)14-18-4-3-11-35-18/h3-8,11-13H,9-10,14-15H2,1-2H3,(H,27,30). The van der Waals surface area contributed by atoms with Gasteiger partial charge in [0.25, 0.3) is 5.56 Å². The average molecular weight is 498 g/mol. The molecule has 4 rings (SSSR count). The van der Waals surface area contributed by atoms with E-state index in [4.69, 9.17) is 25.5 Å². The molecule has 0 fully saturated rings. The number of hydrogen-bond acceptors (Lipinski definition) is 6. The Hall–Kier alpha value is -3.98. The average Bonchev–Trinajstić information content (AvgIpc) is 3.37. The number of fused-ring (bicyclic) bond motifs is 1. The zero-order chi connectivity index (χ0) is 24.9. The Morgan fingerprint density at radius 2 is 1.83 bits per heavy atom. The monoisotopic (exact) mass is 497 g/mol. The topological polar surface area (TPSA) is 105 Å². The molecule has 0 saturated heterocycles. The summed E-state index contributed by atoms with van der Waals surface area (Å²) in [5.41, 5.74) is 0.160. The lowest BCUT2D eigenvalue weighted by Crippen LogP contribution is -2.43. The number of carbonyl (C=O) groups is 1. The summed E-state index contributed by atoms with van der Waals surface area (Å²) >= 11 is 6.10. The van der Waals surface area contributed by atoms with Gasteiger partial charge in [0, 0.05) is 11.6 Å². The van der Waals surface area contributed by atoms with Gasteiger partial charge in [0.15, 0.2) is 11.5 Å². The molecule has 0 aliphatic heterocycles. The van der Waals surface area contributed by atoms with Crippen molar-refractivity contribution in [2.75, 3.05) is 20.8 Å². The van der Waals surface area contributed by atoms with Gasteiger partial charge < -0.3 is 19.2 Å². The molecule has 0 spiro atoms. The largest absolute Gasteiger partial charge is 0.493 e. The highest BCUT2D eigenvalue weighted by Crippen LogP contribution is 2.27. The Kier molecular flexibility index (Phi) is 7.26. The van der Waals surface area contributed by atoms with Crippen LogP contribution in [0.3, 0.4) is 0 Å². The summed E-state index contributed by atoms with van der Waals surface area (Å²) in [6.07, 6.45) is 2.01. The van der Waals surface area contributed by atoms with Crippen LogP contribution < -0.4 is 26.0 Å². The molecule has 0 saturated carbocycles. The molecule has 2 heterocycles. The van der Waals surface area contributed by atoms with Crippen molar-refractivity contribution in [3.05, 3.63) is 92.0 Å². The van der Waals surface area contributed by atoms with Crippen LogP contribution in [-0.4, -0.2) is 35.8 Å². The van der Waals surface area contributed by atoms with E-state index in [9.17, 15) is 14.4 Å². The van der Waals surface area contributed by atoms with Crippen LogP contribution in [0.25, 0.3) is 10.9 Å². The summed E-state index contributed by atoms with van der Waals surface area (Å²) in [6.45, 7) is 0.0221. The number of amides is 1. The maximum atomic E-state index is 13.2. The third-order valence-electron chi connectivity index (χ3n) is 5.57. The van der Waals surface area contributed by atoms with E-state index in [0.29, 0.717) is 40.8 Å². The Morgan fingerprint density at radius 1 is 1.03 bits per heavy atom. The maximum absolute atomic E-state index is 13.2. The van der Waals surface area contributed by atoms with Crippen LogP contribution in [0.2, 0.25) is 5.02 Å². The third kappa shape index (κ3) is 5.25. The van der Waals surface area contributed by atoms with Gasteiger partial charge in [-0.3, -0.25) is 18.7 Å². The Morgan fingerprint density at radius 3 is 2.54 bits per heavy atom. The minimum atomic E-state index is -0.615. The van der Waals surface area contributed by atoms with E-state index in [2.05, 4.69) is 5.32 Å². The zero-order valence-electron chi connectivity index (χ0n) is 19.2. The predicted octanol–water partition coefficient (Wildman–Crippen LogP) is 2.83. The second kappa shape index (κ2) is 10.5. The van der Waals surface area contributed by atoms with Gasteiger partial charge in [0.2, 0.25) is 5.91 Å². The van der Waals surface area contributed by atoms with Crippen LogP contribution in [0.1, 0.15) is 11.3 Å². The van der Waals surface area contributed by atoms with Gasteiger partial charge in [-0.25, -0.2) is 4.79 Å². The molecule has 2 aromatic carbocycles. The fourth-order valence-corrected chi connectivity index (χ4v) is 4.00. The van der Waals surface area contributed by atoms with Crippen molar-refractivity contribution in [1.82, 2.24) is 14.5 Å². The van der Waals surface area contributed by atoms with Crippen LogP contribution >= 0.6 is 11.6 Å². The Balaban J connectivity index is 1.55. The highest BCUT2D eigenvalue weighted by atomic mass is 35.5. The quantitative estimate of drug-likeness (QED) is 0.381. The van der Waals surface area contributed by atoms with Gasteiger partial charge in [-0.1, -0.05) is 17.7 Å². The van der Waals surface area contributed by atoms with Gasteiger partial charge in [-0.05, 0) is 54.4 Å². The Labute approximate surface area is 205 Å². The van der Waals surface area contributed by atoms with Crippen LogP contribution in [0, 0.1) is 0 Å². The number of furan rings is 1. The molecule has 0 aliphatic rings. The lowest BCUT2D eigenvalue weighted by Gasteiger charge is -2.14. The summed E-state index contributed by atoms with van der Waals surface area (Å²) in [5.74, 6) is 1.30. The molecule has 182 valence electrons. The Bertz CT molecular complexity index is 1470. The van der Waals surface area contributed by atoms with Crippen molar-refractivity contribution in [3.63, 3.8) is 0 Å². The first-order chi connectivity index (χ1) is 16.9. The molecular weight excluding hydrogens is 474 g/mol. The number of rotatable bonds is 9. The van der Waals surface area contributed by atoms with Crippen LogP contribution in [0.4, 0.5) is 0 Å². The summed E-state index contributed by atoms with van der Waals surface area (Å²) in [5, 5.41) is 3.41. The van der Waals surface area contributed by atoms with E-state index < -0.39 is 11.2 Å². The highest BCUT2D eigenvalue weighted by Gasteiger charge is 2.17. The number of halogens is 1. The second-order valence-electron chi connectivity index (χ2n) is 7.79. The molecule has 35 heavy (non-hydrogen) atoms. The summed E-state index contributed by atoms with van der Waals surface area (Å²) < 4.78 is 18.2. The SMILES string of the molecule is COc1ccc(CCNC(=O)Cn2c(=O)n(Cc3ccco3)c(=O)c3cc(Cl)ccc32)cc1OC. The molecule has 0 radical (unpaired) electrons. The number of ether oxygens (including phenoxy) is 2. The number of hydrogen-bond donors (Lipinski definition) is 1. The molecule has 0 bridgehead atoms. The van der Waals surface area contributed by atoms with Gasteiger partial charge >= 0.3 is 5.69 Å².